The first-order valence-electron chi connectivity index (χ1n) is 11.6. The van der Waals surface area contributed by atoms with Gasteiger partial charge in [-0.1, -0.05) is 0 Å². The maximum atomic E-state index is 13.5. The van der Waals surface area contributed by atoms with E-state index in [1.54, 1.807) is 43.4 Å². The predicted molar refractivity (Wildman–Crippen MR) is 132 cm³/mol. The molecule has 2 aliphatic rings. The van der Waals surface area contributed by atoms with E-state index in [1.165, 1.54) is 12.8 Å². The number of carbonyl (C=O) groups is 2. The molecule has 0 bridgehead atoms. The van der Waals surface area contributed by atoms with E-state index in [1.807, 2.05) is 11.2 Å². The van der Waals surface area contributed by atoms with Gasteiger partial charge < -0.3 is 30.0 Å². The molecule has 9 nitrogen and oxygen atoms in total. The van der Waals surface area contributed by atoms with E-state index in [4.69, 9.17) is 9.47 Å². The second-order valence-electron chi connectivity index (χ2n) is 8.69. The molecule has 34 heavy (non-hydrogen) atoms. The summed E-state index contributed by atoms with van der Waals surface area (Å²) >= 11 is 1.66. The number of methoxy groups -OCH3 is 2. The van der Waals surface area contributed by atoms with Crippen LogP contribution in [0.15, 0.2) is 24.5 Å². The molecule has 0 unspecified atom stereocenters. The van der Waals surface area contributed by atoms with Crippen LogP contribution < -0.4 is 20.1 Å². The van der Waals surface area contributed by atoms with Crippen LogP contribution in [0.2, 0.25) is 0 Å². The number of aromatic amines is 1. The number of H-pyrrole nitrogens is 1. The van der Waals surface area contributed by atoms with Crippen molar-refractivity contribution in [2.45, 2.75) is 37.3 Å². The summed E-state index contributed by atoms with van der Waals surface area (Å²) in [5, 5.41) is 6.62. The van der Waals surface area contributed by atoms with E-state index in [2.05, 4.69) is 20.6 Å². The maximum Gasteiger partial charge on any atom is 0.252 e. The molecular weight excluding hydrogens is 454 g/mol. The minimum atomic E-state index is -0.581. The second-order valence-corrected chi connectivity index (χ2v) is 9.68. The largest absolute Gasteiger partial charge is 0.493 e. The van der Waals surface area contributed by atoms with Crippen LogP contribution in [0.25, 0.3) is 0 Å². The molecular formula is C24H33N5O4S. The Labute approximate surface area is 204 Å². The summed E-state index contributed by atoms with van der Waals surface area (Å²) in [7, 11) is 3.08. The van der Waals surface area contributed by atoms with Gasteiger partial charge in [0.1, 0.15) is 6.04 Å². The first-order valence-corrected chi connectivity index (χ1v) is 13.0. The van der Waals surface area contributed by atoms with Crippen LogP contribution in [0.5, 0.6) is 11.5 Å². The van der Waals surface area contributed by atoms with Crippen molar-refractivity contribution in [1.82, 2.24) is 25.5 Å². The van der Waals surface area contributed by atoms with Crippen LogP contribution in [0, 0.1) is 0 Å². The number of amides is 2. The molecule has 2 amide bonds. The Kier molecular flexibility index (Phi) is 7.67. The molecule has 1 aromatic carbocycles. The van der Waals surface area contributed by atoms with Crippen molar-refractivity contribution in [3.63, 3.8) is 0 Å². The van der Waals surface area contributed by atoms with Crippen LogP contribution >= 0.6 is 11.8 Å². The summed E-state index contributed by atoms with van der Waals surface area (Å²) in [5.74, 6) is 1.46. The molecule has 3 heterocycles. The number of nitrogens with zero attached hydrogens (tertiary/aromatic N) is 2. The highest BCUT2D eigenvalue weighted by Crippen LogP contribution is 2.36. The van der Waals surface area contributed by atoms with Crippen LogP contribution in [0.3, 0.4) is 0 Å². The Balaban J connectivity index is 1.44. The fraction of sp³-hybridized carbons (Fsp3) is 0.542. The highest BCUT2D eigenvalue weighted by molar-refractivity contribution is 7.98. The van der Waals surface area contributed by atoms with E-state index in [9.17, 15) is 9.59 Å². The van der Waals surface area contributed by atoms with Gasteiger partial charge in [-0.2, -0.15) is 11.8 Å². The number of thioether (sulfide) groups is 1. The topological polar surface area (TPSA) is 109 Å². The number of benzene rings is 1. The number of rotatable bonds is 8. The number of carbonyl (C=O) groups excluding carboxylic acids is 2. The number of likely N-dealkylation sites (tertiary alicyclic amines) is 1. The molecule has 1 saturated heterocycles. The number of nitrogens with one attached hydrogen (secondary N) is 3. The van der Waals surface area contributed by atoms with Crippen molar-refractivity contribution in [3.05, 3.63) is 41.5 Å². The third-order valence-electron chi connectivity index (χ3n) is 6.80. The highest BCUT2D eigenvalue weighted by atomic mass is 32.2. The lowest BCUT2D eigenvalue weighted by molar-refractivity contribution is -0.135. The Morgan fingerprint density at radius 1 is 1.24 bits per heavy atom. The molecule has 3 N–H and O–H groups in total. The average molecular weight is 488 g/mol. The zero-order chi connectivity index (χ0) is 24.1. The van der Waals surface area contributed by atoms with Gasteiger partial charge in [0.25, 0.3) is 5.91 Å². The number of fused-ring (bicyclic) bond motifs is 2. The fourth-order valence-electron chi connectivity index (χ4n) is 4.89. The van der Waals surface area contributed by atoms with Gasteiger partial charge in [0.05, 0.1) is 31.8 Å². The summed E-state index contributed by atoms with van der Waals surface area (Å²) in [6.07, 6.45) is 6.88. The summed E-state index contributed by atoms with van der Waals surface area (Å²) < 4.78 is 10.6. The van der Waals surface area contributed by atoms with Gasteiger partial charge in [0, 0.05) is 37.3 Å². The lowest BCUT2D eigenvalue weighted by atomic mass is 9.80. The van der Waals surface area contributed by atoms with E-state index in [0.717, 1.165) is 37.3 Å². The molecule has 1 aromatic heterocycles. The molecule has 10 heteroatoms. The zero-order valence-corrected chi connectivity index (χ0v) is 20.8. The van der Waals surface area contributed by atoms with Gasteiger partial charge in [-0.15, -0.1) is 0 Å². The lowest BCUT2D eigenvalue weighted by Gasteiger charge is -2.44. The number of ether oxygens (including phenoxy) is 2. The standard InChI is InChI=1S/C24H33N5O4S/c1-32-19-5-4-16(14-20(19)33-2)22(30)28-18(7-13-34-3)23(31)29-11-8-24(9-12-29)21-17(6-10-27-24)25-15-26-21/h4-5,14-15,18,27H,6-13H2,1-3H3,(H,25,26)(H,28,30)/t18-/m0/s1. The van der Waals surface area contributed by atoms with Crippen LogP contribution in [-0.4, -0.2) is 78.6 Å². The summed E-state index contributed by atoms with van der Waals surface area (Å²) in [6.45, 7) is 2.15. The molecule has 2 aromatic rings. The van der Waals surface area contributed by atoms with Gasteiger partial charge in [0.15, 0.2) is 11.5 Å². The Morgan fingerprint density at radius 2 is 2.00 bits per heavy atom. The first-order chi connectivity index (χ1) is 16.5. The SMILES string of the molecule is COc1ccc(C(=O)N[C@@H](CCSC)C(=O)N2CCC3(CC2)NCCc2[nH]cnc23)cc1OC. The number of aromatic nitrogens is 2. The van der Waals surface area contributed by atoms with Crippen LogP contribution in [0.1, 0.15) is 41.0 Å². The van der Waals surface area contributed by atoms with Crippen molar-refractivity contribution in [3.8, 4) is 11.5 Å². The van der Waals surface area contributed by atoms with Crippen molar-refractivity contribution in [1.29, 1.82) is 0 Å². The van der Waals surface area contributed by atoms with Gasteiger partial charge in [0.2, 0.25) is 5.91 Å². The first kappa shape index (κ1) is 24.4. The fourth-order valence-corrected chi connectivity index (χ4v) is 5.36. The van der Waals surface area contributed by atoms with E-state index < -0.39 is 6.04 Å². The smallest absolute Gasteiger partial charge is 0.252 e. The quantitative estimate of drug-likeness (QED) is 0.522. The molecule has 184 valence electrons. The zero-order valence-electron chi connectivity index (χ0n) is 20.0. The van der Waals surface area contributed by atoms with Gasteiger partial charge >= 0.3 is 0 Å². The van der Waals surface area contributed by atoms with Gasteiger partial charge in [-0.3, -0.25) is 9.59 Å². The van der Waals surface area contributed by atoms with Crippen molar-refractivity contribution in [2.75, 3.05) is 45.9 Å². The molecule has 0 radical (unpaired) electrons. The summed E-state index contributed by atoms with van der Waals surface area (Å²) in [5.41, 5.74) is 2.53. The van der Waals surface area contributed by atoms with E-state index >= 15 is 0 Å². The minimum absolute atomic E-state index is 0.0317. The van der Waals surface area contributed by atoms with Crippen LogP contribution in [-0.2, 0) is 16.8 Å². The van der Waals surface area contributed by atoms with Crippen molar-refractivity contribution >= 4 is 23.6 Å². The van der Waals surface area contributed by atoms with E-state index in [0.29, 0.717) is 36.6 Å². The average Bonchev–Trinajstić information content (AvgIpc) is 3.36. The molecule has 1 fully saturated rings. The van der Waals surface area contributed by atoms with Gasteiger partial charge in [-0.25, -0.2) is 4.98 Å². The second kappa shape index (κ2) is 10.7. The normalized spacial score (nSPS) is 17.7. The van der Waals surface area contributed by atoms with E-state index in [-0.39, 0.29) is 17.4 Å². The molecule has 4 rings (SSSR count). The van der Waals surface area contributed by atoms with Crippen molar-refractivity contribution in [2.24, 2.45) is 0 Å². The maximum absolute atomic E-state index is 13.5. The summed E-state index contributed by atoms with van der Waals surface area (Å²) in [4.78, 5) is 36.2. The third-order valence-corrected chi connectivity index (χ3v) is 7.44. The molecule has 1 spiro atoms. The minimum Gasteiger partial charge on any atom is -0.493 e. The summed E-state index contributed by atoms with van der Waals surface area (Å²) in [6, 6.07) is 4.41. The van der Waals surface area contributed by atoms with Crippen LogP contribution in [0.4, 0.5) is 0 Å². The highest BCUT2D eigenvalue weighted by Gasteiger charge is 2.42. The number of piperidine rings is 1. The monoisotopic (exact) mass is 487 g/mol. The predicted octanol–water partition coefficient (Wildman–Crippen LogP) is 1.94. The lowest BCUT2D eigenvalue weighted by Crippen LogP contribution is -2.57. The van der Waals surface area contributed by atoms with Gasteiger partial charge in [-0.05, 0) is 49.5 Å². The Morgan fingerprint density at radius 3 is 2.71 bits per heavy atom. The third kappa shape index (κ3) is 4.88. The number of imidazole rings is 1. The number of hydrogen-bond donors (Lipinski definition) is 3. The number of hydrogen-bond acceptors (Lipinski definition) is 7. The Hall–Kier alpha value is -2.72. The molecule has 1 atom stereocenters. The van der Waals surface area contributed by atoms with Crippen molar-refractivity contribution < 1.29 is 19.1 Å². The Bertz CT molecular complexity index is 1020. The molecule has 0 saturated carbocycles. The molecule has 0 aliphatic carbocycles. The molecule has 2 aliphatic heterocycles.